The number of ether oxygens (including phenoxy) is 1. The molecule has 0 bridgehead atoms. The van der Waals surface area contributed by atoms with Gasteiger partial charge >= 0.3 is 11.9 Å². The first-order valence-electron chi connectivity index (χ1n) is 6.57. The van der Waals surface area contributed by atoms with Crippen LogP contribution in [0.2, 0.25) is 0 Å². The lowest BCUT2D eigenvalue weighted by Crippen LogP contribution is -2.42. The smallest absolute Gasteiger partial charge is 0.326 e. The van der Waals surface area contributed by atoms with Gasteiger partial charge in [-0.3, -0.25) is 9.59 Å². The summed E-state index contributed by atoms with van der Waals surface area (Å²) < 4.78 is 4.40. The molecule has 6 heteroatoms. The Bertz CT molecular complexity index is 527. The summed E-state index contributed by atoms with van der Waals surface area (Å²) in [6, 6.07) is 6.41. The predicted octanol–water partition coefficient (Wildman–Crippen LogP) is 1.06. The molecule has 0 aliphatic carbocycles. The number of rotatable bonds is 7. The van der Waals surface area contributed by atoms with Gasteiger partial charge in [-0.1, -0.05) is 24.3 Å². The number of carbonyl (C=O) groups is 3. The summed E-state index contributed by atoms with van der Waals surface area (Å²) in [5.74, 6) is -2.35. The van der Waals surface area contributed by atoms with Gasteiger partial charge in [0.1, 0.15) is 6.04 Å². The van der Waals surface area contributed by atoms with Crippen molar-refractivity contribution in [3.63, 3.8) is 0 Å². The molecule has 0 aliphatic heterocycles. The minimum absolute atomic E-state index is 0.163. The Labute approximate surface area is 123 Å². The highest BCUT2D eigenvalue weighted by Gasteiger charge is 2.23. The van der Waals surface area contributed by atoms with Crippen LogP contribution in [0.15, 0.2) is 24.3 Å². The average Bonchev–Trinajstić information content (AvgIpc) is 2.45. The van der Waals surface area contributed by atoms with Crippen LogP contribution in [0, 0.1) is 6.92 Å². The highest BCUT2D eigenvalue weighted by molar-refractivity contribution is 5.87. The van der Waals surface area contributed by atoms with Gasteiger partial charge in [0, 0.05) is 6.42 Å². The molecule has 21 heavy (non-hydrogen) atoms. The van der Waals surface area contributed by atoms with Crippen LogP contribution in [0.3, 0.4) is 0 Å². The van der Waals surface area contributed by atoms with Crippen molar-refractivity contribution in [2.75, 3.05) is 7.11 Å². The van der Waals surface area contributed by atoms with E-state index in [1.807, 2.05) is 31.2 Å². The Morgan fingerprint density at radius 3 is 2.52 bits per heavy atom. The molecule has 1 aromatic rings. The zero-order chi connectivity index (χ0) is 15.8. The summed E-state index contributed by atoms with van der Waals surface area (Å²) in [5, 5.41) is 11.3. The molecule has 0 radical (unpaired) electrons. The molecule has 0 heterocycles. The first-order valence-corrected chi connectivity index (χ1v) is 6.57. The van der Waals surface area contributed by atoms with E-state index >= 15 is 0 Å². The van der Waals surface area contributed by atoms with Crippen molar-refractivity contribution in [1.82, 2.24) is 5.32 Å². The molecule has 1 aromatic carbocycles. The Kier molecular flexibility index (Phi) is 6.39. The summed E-state index contributed by atoms with van der Waals surface area (Å²) in [5.41, 5.74) is 2.11. The molecule has 0 aliphatic rings. The molecule has 114 valence electrons. The van der Waals surface area contributed by atoms with E-state index in [0.717, 1.165) is 11.1 Å². The van der Waals surface area contributed by atoms with Gasteiger partial charge in [0.25, 0.3) is 0 Å². The zero-order valence-electron chi connectivity index (χ0n) is 12.1. The molecule has 0 fully saturated rings. The van der Waals surface area contributed by atoms with Crippen LogP contribution < -0.4 is 5.32 Å². The molecule has 1 rings (SSSR count). The molecule has 0 saturated heterocycles. The van der Waals surface area contributed by atoms with E-state index in [2.05, 4.69) is 10.1 Å². The fourth-order valence-electron chi connectivity index (χ4n) is 1.86. The largest absolute Gasteiger partial charge is 0.480 e. The normalized spacial score (nSPS) is 11.5. The van der Waals surface area contributed by atoms with E-state index in [9.17, 15) is 14.4 Å². The number of carbonyl (C=O) groups excluding carboxylic acids is 2. The maximum absolute atomic E-state index is 11.8. The van der Waals surface area contributed by atoms with E-state index in [1.165, 1.54) is 7.11 Å². The highest BCUT2D eigenvalue weighted by atomic mass is 16.5. The number of benzene rings is 1. The number of carboxylic acid groups (broad SMARTS) is 1. The van der Waals surface area contributed by atoms with Gasteiger partial charge in [-0.15, -0.1) is 0 Å². The highest BCUT2D eigenvalue weighted by Crippen LogP contribution is 2.09. The van der Waals surface area contributed by atoms with Gasteiger partial charge < -0.3 is 15.2 Å². The number of amides is 1. The second-order valence-electron chi connectivity index (χ2n) is 4.67. The number of carboxylic acids is 1. The Morgan fingerprint density at radius 1 is 1.29 bits per heavy atom. The SMILES string of the molecule is COC(=O)C[C@H](NC(=O)CCc1ccccc1C)C(=O)O. The first-order chi connectivity index (χ1) is 9.93. The fraction of sp³-hybridized carbons (Fsp3) is 0.400. The Morgan fingerprint density at radius 2 is 1.95 bits per heavy atom. The number of hydrogen-bond donors (Lipinski definition) is 2. The van der Waals surface area contributed by atoms with Crippen LogP contribution in [-0.4, -0.2) is 36.1 Å². The monoisotopic (exact) mass is 293 g/mol. The van der Waals surface area contributed by atoms with Gasteiger partial charge in [-0.05, 0) is 24.5 Å². The van der Waals surface area contributed by atoms with Crippen LogP contribution >= 0.6 is 0 Å². The van der Waals surface area contributed by atoms with Crippen molar-refractivity contribution in [3.8, 4) is 0 Å². The maximum atomic E-state index is 11.8. The summed E-state index contributed by atoms with van der Waals surface area (Å²) in [6.07, 6.45) is 0.292. The lowest BCUT2D eigenvalue weighted by Gasteiger charge is -2.13. The van der Waals surface area contributed by atoms with Crippen molar-refractivity contribution < 1.29 is 24.2 Å². The maximum Gasteiger partial charge on any atom is 0.326 e. The van der Waals surface area contributed by atoms with Gasteiger partial charge in [-0.25, -0.2) is 4.79 Å². The zero-order valence-corrected chi connectivity index (χ0v) is 12.1. The first kappa shape index (κ1) is 16.7. The van der Waals surface area contributed by atoms with E-state index in [1.54, 1.807) is 0 Å². The molecular weight excluding hydrogens is 274 g/mol. The topological polar surface area (TPSA) is 92.7 Å². The molecule has 1 atom stereocenters. The standard InChI is InChI=1S/C15H19NO5/c1-10-5-3-4-6-11(10)7-8-13(17)16-12(15(19)20)9-14(18)21-2/h3-6,12H,7-9H2,1-2H3,(H,16,17)(H,19,20)/t12-/m0/s1. The van der Waals surface area contributed by atoms with Crippen LogP contribution in [0.5, 0.6) is 0 Å². The summed E-state index contributed by atoms with van der Waals surface area (Å²) in [7, 11) is 1.17. The van der Waals surface area contributed by atoms with Crippen LogP contribution in [-0.2, 0) is 25.5 Å². The molecule has 6 nitrogen and oxygen atoms in total. The number of methoxy groups -OCH3 is 1. The van der Waals surface area contributed by atoms with Crippen molar-refractivity contribution in [1.29, 1.82) is 0 Å². The van der Waals surface area contributed by atoms with Crippen molar-refractivity contribution in [2.24, 2.45) is 0 Å². The Hall–Kier alpha value is -2.37. The fourth-order valence-corrected chi connectivity index (χ4v) is 1.86. The molecule has 1 amide bonds. The van der Waals surface area contributed by atoms with E-state index < -0.39 is 23.9 Å². The third-order valence-electron chi connectivity index (χ3n) is 3.11. The summed E-state index contributed by atoms with van der Waals surface area (Å²) in [6.45, 7) is 1.95. The minimum Gasteiger partial charge on any atom is -0.480 e. The van der Waals surface area contributed by atoms with Crippen LogP contribution in [0.1, 0.15) is 24.0 Å². The van der Waals surface area contributed by atoms with Crippen LogP contribution in [0.4, 0.5) is 0 Å². The number of aryl methyl sites for hydroxylation is 2. The average molecular weight is 293 g/mol. The van der Waals surface area contributed by atoms with Crippen molar-refractivity contribution in [3.05, 3.63) is 35.4 Å². The minimum atomic E-state index is -1.26. The summed E-state index contributed by atoms with van der Waals surface area (Å²) >= 11 is 0. The molecule has 0 aromatic heterocycles. The summed E-state index contributed by atoms with van der Waals surface area (Å²) in [4.78, 5) is 33.9. The van der Waals surface area contributed by atoms with Crippen LogP contribution in [0.25, 0.3) is 0 Å². The predicted molar refractivity (Wildman–Crippen MR) is 75.7 cm³/mol. The van der Waals surface area contributed by atoms with Gasteiger partial charge in [0.2, 0.25) is 5.91 Å². The number of esters is 1. The van der Waals surface area contributed by atoms with Crippen molar-refractivity contribution >= 4 is 17.8 Å². The van der Waals surface area contributed by atoms with Gasteiger partial charge in [0.15, 0.2) is 0 Å². The van der Waals surface area contributed by atoms with Gasteiger partial charge in [0.05, 0.1) is 13.5 Å². The third kappa shape index (κ3) is 5.64. The molecule has 0 saturated carbocycles. The van der Waals surface area contributed by atoms with Crippen molar-refractivity contribution in [2.45, 2.75) is 32.2 Å². The second-order valence-corrected chi connectivity index (χ2v) is 4.67. The number of hydrogen-bond acceptors (Lipinski definition) is 4. The molecule has 2 N–H and O–H groups in total. The lowest BCUT2D eigenvalue weighted by atomic mass is 10.0. The number of nitrogens with one attached hydrogen (secondary N) is 1. The third-order valence-corrected chi connectivity index (χ3v) is 3.11. The molecule has 0 unspecified atom stereocenters. The van der Waals surface area contributed by atoms with Gasteiger partial charge in [-0.2, -0.15) is 0 Å². The lowest BCUT2D eigenvalue weighted by molar-refractivity contribution is -0.148. The quantitative estimate of drug-likeness (QED) is 0.733. The van der Waals surface area contributed by atoms with E-state index in [-0.39, 0.29) is 12.8 Å². The second kappa shape index (κ2) is 8.04. The molecular formula is C15H19NO5. The van der Waals surface area contributed by atoms with E-state index in [0.29, 0.717) is 6.42 Å². The van der Waals surface area contributed by atoms with E-state index in [4.69, 9.17) is 5.11 Å². The molecule has 0 spiro atoms. The number of aliphatic carboxylic acids is 1. The Balaban J connectivity index is 2.53.